The van der Waals surface area contributed by atoms with Crippen molar-refractivity contribution in [2.45, 2.75) is 53.1 Å². The molecule has 3 rings (SSSR count). The maximum Gasteiger partial charge on any atom is 0.242 e. The highest BCUT2D eigenvalue weighted by molar-refractivity contribution is 5.87. The van der Waals surface area contributed by atoms with Gasteiger partial charge in [0, 0.05) is 19.5 Å². The first kappa shape index (κ1) is 23.6. The quantitative estimate of drug-likeness (QED) is 0.645. The standard InChI is InChI=1S/C26H34N2O4/c1-18(2)16-27-26(30)20(4)28(17-22-8-6-5-7-19(22)3)25(29)12-10-21-9-11-23-24(15-21)32-14-13-31-23/h5-9,11,15,18,20H,10,12-14,16-17H2,1-4H3,(H,27,30)/t20-/m0/s1. The Hall–Kier alpha value is -3.02. The summed E-state index contributed by atoms with van der Waals surface area (Å²) in [5.41, 5.74) is 3.16. The molecule has 6 heteroatoms. The molecule has 1 atom stereocenters. The van der Waals surface area contributed by atoms with Gasteiger partial charge in [0.2, 0.25) is 11.8 Å². The molecule has 2 aromatic rings. The molecular weight excluding hydrogens is 404 g/mol. The highest BCUT2D eigenvalue weighted by Gasteiger charge is 2.26. The number of carbonyl (C=O) groups excluding carboxylic acids is 2. The number of ether oxygens (including phenoxy) is 2. The van der Waals surface area contributed by atoms with Crippen LogP contribution in [0.5, 0.6) is 11.5 Å². The Morgan fingerprint density at radius 1 is 1.03 bits per heavy atom. The number of amides is 2. The zero-order chi connectivity index (χ0) is 23.1. The minimum atomic E-state index is -0.555. The van der Waals surface area contributed by atoms with E-state index >= 15 is 0 Å². The zero-order valence-corrected chi connectivity index (χ0v) is 19.5. The number of benzene rings is 2. The Morgan fingerprint density at radius 2 is 1.75 bits per heavy atom. The second-order valence-corrected chi connectivity index (χ2v) is 8.74. The molecule has 0 radical (unpaired) electrons. The molecule has 172 valence electrons. The number of nitrogens with one attached hydrogen (secondary N) is 1. The highest BCUT2D eigenvalue weighted by Crippen LogP contribution is 2.31. The van der Waals surface area contributed by atoms with Gasteiger partial charge in [-0.1, -0.05) is 44.2 Å². The fourth-order valence-electron chi connectivity index (χ4n) is 3.64. The van der Waals surface area contributed by atoms with Crippen LogP contribution in [0.4, 0.5) is 0 Å². The van der Waals surface area contributed by atoms with Crippen LogP contribution >= 0.6 is 0 Å². The normalized spacial score (nSPS) is 13.5. The average molecular weight is 439 g/mol. The Bertz CT molecular complexity index is 941. The first-order chi connectivity index (χ1) is 15.3. The zero-order valence-electron chi connectivity index (χ0n) is 19.5. The van der Waals surface area contributed by atoms with Crippen LogP contribution in [0.15, 0.2) is 42.5 Å². The largest absolute Gasteiger partial charge is 0.486 e. The summed E-state index contributed by atoms with van der Waals surface area (Å²) in [7, 11) is 0. The summed E-state index contributed by atoms with van der Waals surface area (Å²) >= 11 is 0. The first-order valence-corrected chi connectivity index (χ1v) is 11.4. The lowest BCUT2D eigenvalue weighted by Gasteiger charge is -2.29. The van der Waals surface area contributed by atoms with E-state index in [1.165, 1.54) is 0 Å². The molecule has 1 N–H and O–H groups in total. The van der Waals surface area contributed by atoms with E-state index in [1.807, 2.05) is 49.4 Å². The summed E-state index contributed by atoms with van der Waals surface area (Å²) in [4.78, 5) is 27.8. The van der Waals surface area contributed by atoms with Crippen molar-refractivity contribution in [3.8, 4) is 11.5 Å². The number of fused-ring (bicyclic) bond motifs is 1. The van der Waals surface area contributed by atoms with Crippen molar-refractivity contribution in [3.63, 3.8) is 0 Å². The number of aryl methyl sites for hydroxylation is 2. The van der Waals surface area contributed by atoms with Crippen LogP contribution in [0.2, 0.25) is 0 Å². The van der Waals surface area contributed by atoms with Crippen LogP contribution in [0, 0.1) is 12.8 Å². The molecule has 32 heavy (non-hydrogen) atoms. The molecule has 6 nitrogen and oxygen atoms in total. The van der Waals surface area contributed by atoms with Crippen LogP contribution in [0.1, 0.15) is 43.9 Å². The lowest BCUT2D eigenvalue weighted by atomic mass is 10.0. The molecule has 0 bridgehead atoms. The van der Waals surface area contributed by atoms with Gasteiger partial charge < -0.3 is 19.7 Å². The minimum absolute atomic E-state index is 0.0460. The van der Waals surface area contributed by atoms with Crippen LogP contribution in [-0.4, -0.2) is 42.5 Å². The maximum atomic E-state index is 13.3. The van der Waals surface area contributed by atoms with Gasteiger partial charge in [0.1, 0.15) is 19.3 Å². The molecule has 2 aromatic carbocycles. The smallest absolute Gasteiger partial charge is 0.242 e. The van der Waals surface area contributed by atoms with E-state index in [0.29, 0.717) is 45.1 Å². The van der Waals surface area contributed by atoms with Gasteiger partial charge in [0.05, 0.1) is 0 Å². The van der Waals surface area contributed by atoms with E-state index in [9.17, 15) is 9.59 Å². The van der Waals surface area contributed by atoms with E-state index in [4.69, 9.17) is 9.47 Å². The molecule has 0 aliphatic carbocycles. The van der Waals surface area contributed by atoms with Crippen molar-refractivity contribution in [1.82, 2.24) is 10.2 Å². The SMILES string of the molecule is Cc1ccccc1CN(C(=O)CCc1ccc2c(c1)OCCO2)[C@@H](C)C(=O)NCC(C)C. The van der Waals surface area contributed by atoms with Gasteiger partial charge in [-0.15, -0.1) is 0 Å². The van der Waals surface area contributed by atoms with Crippen molar-refractivity contribution in [1.29, 1.82) is 0 Å². The predicted molar refractivity (Wildman–Crippen MR) is 125 cm³/mol. The van der Waals surface area contributed by atoms with Gasteiger partial charge in [-0.2, -0.15) is 0 Å². The van der Waals surface area contributed by atoms with Gasteiger partial charge in [0.15, 0.2) is 11.5 Å². The molecular formula is C26H34N2O4. The molecule has 2 amide bonds. The third kappa shape index (κ3) is 6.25. The number of carbonyl (C=O) groups is 2. The predicted octanol–water partition coefficient (Wildman–Crippen LogP) is 3.89. The van der Waals surface area contributed by atoms with Crippen LogP contribution in [0.25, 0.3) is 0 Å². The highest BCUT2D eigenvalue weighted by atomic mass is 16.6. The molecule has 0 unspecified atom stereocenters. The topological polar surface area (TPSA) is 67.9 Å². The van der Waals surface area contributed by atoms with Crippen LogP contribution in [0.3, 0.4) is 0 Å². The van der Waals surface area contributed by atoms with Gasteiger partial charge in [0.25, 0.3) is 0 Å². The average Bonchev–Trinajstić information content (AvgIpc) is 2.79. The molecule has 0 spiro atoms. The van der Waals surface area contributed by atoms with E-state index in [-0.39, 0.29) is 11.8 Å². The molecule has 0 saturated heterocycles. The molecule has 0 aromatic heterocycles. The monoisotopic (exact) mass is 438 g/mol. The van der Waals surface area contributed by atoms with Crippen molar-refractivity contribution < 1.29 is 19.1 Å². The van der Waals surface area contributed by atoms with Crippen LogP contribution < -0.4 is 14.8 Å². The summed E-state index contributed by atoms with van der Waals surface area (Å²) < 4.78 is 11.2. The lowest BCUT2D eigenvalue weighted by molar-refractivity contribution is -0.140. The Labute approximate surface area is 190 Å². The summed E-state index contributed by atoms with van der Waals surface area (Å²) in [5, 5.41) is 2.96. The second-order valence-electron chi connectivity index (χ2n) is 8.74. The number of rotatable bonds is 9. The van der Waals surface area contributed by atoms with Crippen LogP contribution in [-0.2, 0) is 22.6 Å². The summed E-state index contributed by atoms with van der Waals surface area (Å²) in [6.45, 7) is 10.0. The van der Waals surface area contributed by atoms with Crippen molar-refractivity contribution in [2.75, 3.05) is 19.8 Å². The minimum Gasteiger partial charge on any atom is -0.486 e. The van der Waals surface area contributed by atoms with E-state index in [2.05, 4.69) is 19.2 Å². The molecule has 0 fully saturated rings. The summed E-state index contributed by atoms with van der Waals surface area (Å²) in [6, 6.07) is 13.2. The van der Waals surface area contributed by atoms with Crippen molar-refractivity contribution in [3.05, 3.63) is 59.2 Å². The maximum absolute atomic E-state index is 13.3. The second kappa shape index (κ2) is 11.0. The van der Waals surface area contributed by atoms with E-state index in [0.717, 1.165) is 28.2 Å². The van der Waals surface area contributed by atoms with Gasteiger partial charge in [-0.05, 0) is 55.0 Å². The molecule has 0 saturated carbocycles. The van der Waals surface area contributed by atoms with Gasteiger partial charge in [-0.25, -0.2) is 0 Å². The number of hydrogen-bond donors (Lipinski definition) is 1. The molecule has 1 heterocycles. The fraction of sp³-hybridized carbons (Fsp3) is 0.462. The third-order valence-corrected chi connectivity index (χ3v) is 5.69. The van der Waals surface area contributed by atoms with E-state index in [1.54, 1.807) is 11.8 Å². The lowest BCUT2D eigenvalue weighted by Crippen LogP contribution is -2.48. The Balaban J connectivity index is 1.71. The van der Waals surface area contributed by atoms with Gasteiger partial charge >= 0.3 is 0 Å². The third-order valence-electron chi connectivity index (χ3n) is 5.69. The van der Waals surface area contributed by atoms with E-state index < -0.39 is 6.04 Å². The Kier molecular flexibility index (Phi) is 8.14. The number of hydrogen-bond acceptors (Lipinski definition) is 4. The molecule has 1 aliphatic rings. The summed E-state index contributed by atoms with van der Waals surface area (Å²) in [6.07, 6.45) is 0.882. The first-order valence-electron chi connectivity index (χ1n) is 11.4. The fourth-order valence-corrected chi connectivity index (χ4v) is 3.64. The van der Waals surface area contributed by atoms with Crippen molar-refractivity contribution >= 4 is 11.8 Å². The number of nitrogens with zero attached hydrogens (tertiary/aromatic N) is 1. The molecule has 1 aliphatic heterocycles. The van der Waals surface area contributed by atoms with Crippen molar-refractivity contribution in [2.24, 2.45) is 5.92 Å². The Morgan fingerprint density at radius 3 is 2.47 bits per heavy atom. The summed E-state index contributed by atoms with van der Waals surface area (Å²) in [5.74, 6) is 1.64. The van der Waals surface area contributed by atoms with Gasteiger partial charge in [-0.3, -0.25) is 9.59 Å².